The van der Waals surface area contributed by atoms with Gasteiger partial charge in [0.25, 0.3) is 11.8 Å². The molecular weight excluding hydrogens is 478 g/mol. The lowest BCUT2D eigenvalue weighted by molar-refractivity contribution is 0.0924. The standard InChI is InChI=1S/C21H21N3O4.C5H9Cl.C2H6/c1-3-4-5-6-11-28-15-8-9-16-17(12-15)21(26)24(20(16)25)18-10-7-14(13-22)23-19(18)27-2;1-4(2)5(3)6;1-2/h7-10,12H,3-6,11H2,1-2H3;1-3H3;1-2H3. The van der Waals surface area contributed by atoms with Gasteiger partial charge in [-0.2, -0.15) is 5.26 Å². The Hall–Kier alpha value is -3.37. The van der Waals surface area contributed by atoms with Crippen LogP contribution in [0.15, 0.2) is 40.9 Å². The molecule has 0 radical (unpaired) electrons. The molecule has 194 valence electrons. The van der Waals surface area contributed by atoms with Gasteiger partial charge in [0.1, 0.15) is 23.2 Å². The Morgan fingerprint density at radius 1 is 1.03 bits per heavy atom. The van der Waals surface area contributed by atoms with E-state index in [2.05, 4.69) is 11.9 Å². The van der Waals surface area contributed by atoms with E-state index in [9.17, 15) is 9.59 Å². The second kappa shape index (κ2) is 15.6. The van der Waals surface area contributed by atoms with Crippen molar-refractivity contribution in [1.82, 2.24) is 4.98 Å². The summed E-state index contributed by atoms with van der Waals surface area (Å²) in [5.74, 6) is -0.329. The lowest BCUT2D eigenvalue weighted by Gasteiger charge is -2.16. The number of unbranched alkanes of at least 4 members (excludes halogenated alkanes) is 3. The summed E-state index contributed by atoms with van der Waals surface area (Å²) < 4.78 is 10.9. The van der Waals surface area contributed by atoms with Crippen LogP contribution in [0.25, 0.3) is 0 Å². The van der Waals surface area contributed by atoms with Crippen molar-refractivity contribution in [3.8, 4) is 17.7 Å². The summed E-state index contributed by atoms with van der Waals surface area (Å²) in [6.45, 7) is 12.6. The van der Waals surface area contributed by atoms with Crippen LogP contribution in [0.4, 0.5) is 5.69 Å². The molecule has 1 aromatic heterocycles. The second-order valence-corrected chi connectivity index (χ2v) is 8.50. The zero-order chi connectivity index (χ0) is 27.3. The molecule has 8 heteroatoms. The number of methoxy groups -OCH3 is 1. The zero-order valence-corrected chi connectivity index (χ0v) is 23.0. The first-order valence-corrected chi connectivity index (χ1v) is 12.5. The van der Waals surface area contributed by atoms with Crippen LogP contribution in [-0.4, -0.2) is 30.5 Å². The highest BCUT2D eigenvalue weighted by molar-refractivity contribution is 6.34. The van der Waals surface area contributed by atoms with Crippen LogP contribution in [0.2, 0.25) is 0 Å². The summed E-state index contributed by atoms with van der Waals surface area (Å²) in [6.07, 6.45) is 4.35. The molecule has 3 rings (SSSR count). The van der Waals surface area contributed by atoms with Crippen molar-refractivity contribution in [3.05, 3.63) is 57.8 Å². The molecule has 0 spiro atoms. The number of carbonyl (C=O) groups excluding carboxylic acids is 2. The SMILES string of the molecule is CC.CC(C)=C(C)Cl.CCCCCCOc1ccc2c(c1)C(=O)N(c1ccc(C#N)nc1OC)C2=O. The third-order valence-electron chi connectivity index (χ3n) is 5.20. The molecule has 0 saturated heterocycles. The molecule has 36 heavy (non-hydrogen) atoms. The first kappa shape index (κ1) is 30.7. The van der Waals surface area contributed by atoms with Gasteiger partial charge in [-0.05, 0) is 57.5 Å². The van der Waals surface area contributed by atoms with Crippen molar-refractivity contribution in [1.29, 1.82) is 5.26 Å². The van der Waals surface area contributed by atoms with Crippen molar-refractivity contribution >= 4 is 29.1 Å². The number of rotatable bonds is 8. The molecule has 0 aliphatic carbocycles. The van der Waals surface area contributed by atoms with Crippen LogP contribution < -0.4 is 14.4 Å². The fourth-order valence-electron chi connectivity index (χ4n) is 3.06. The van der Waals surface area contributed by atoms with E-state index in [1.54, 1.807) is 18.2 Å². The first-order chi connectivity index (χ1) is 17.2. The number of halogens is 1. The Labute approximate surface area is 219 Å². The quantitative estimate of drug-likeness (QED) is 0.272. The number of imide groups is 1. The molecule has 2 amide bonds. The van der Waals surface area contributed by atoms with Gasteiger partial charge in [-0.15, -0.1) is 0 Å². The van der Waals surface area contributed by atoms with Gasteiger partial charge in [-0.3, -0.25) is 9.59 Å². The van der Waals surface area contributed by atoms with Crippen LogP contribution in [0.1, 0.15) is 93.6 Å². The van der Waals surface area contributed by atoms with Crippen LogP contribution in [-0.2, 0) is 0 Å². The number of allylic oxidation sites excluding steroid dienone is 2. The number of nitriles is 1. The molecule has 7 nitrogen and oxygen atoms in total. The van der Waals surface area contributed by atoms with E-state index < -0.39 is 11.8 Å². The minimum Gasteiger partial charge on any atom is -0.494 e. The van der Waals surface area contributed by atoms with Gasteiger partial charge in [0.2, 0.25) is 5.88 Å². The van der Waals surface area contributed by atoms with Gasteiger partial charge in [-0.25, -0.2) is 9.88 Å². The fourth-order valence-corrected chi connectivity index (χ4v) is 3.06. The monoisotopic (exact) mass is 513 g/mol. The van der Waals surface area contributed by atoms with E-state index in [1.807, 2.05) is 40.7 Å². The fraction of sp³-hybridized carbons (Fsp3) is 0.429. The van der Waals surface area contributed by atoms with Crippen molar-refractivity contribution in [2.24, 2.45) is 0 Å². The van der Waals surface area contributed by atoms with Crippen molar-refractivity contribution < 1.29 is 19.1 Å². The van der Waals surface area contributed by atoms with Gasteiger partial charge >= 0.3 is 0 Å². The number of amides is 2. The Morgan fingerprint density at radius 3 is 2.22 bits per heavy atom. The predicted molar refractivity (Wildman–Crippen MR) is 144 cm³/mol. The molecule has 0 atom stereocenters. The van der Waals surface area contributed by atoms with Crippen LogP contribution in [0.5, 0.6) is 11.6 Å². The topological polar surface area (TPSA) is 92.5 Å². The molecule has 0 unspecified atom stereocenters. The molecular formula is C28H36ClN3O4. The zero-order valence-electron chi connectivity index (χ0n) is 22.3. The normalized spacial score (nSPS) is 11.4. The van der Waals surface area contributed by atoms with Crippen LogP contribution in [0.3, 0.4) is 0 Å². The molecule has 0 saturated carbocycles. The van der Waals surface area contributed by atoms with E-state index in [0.29, 0.717) is 17.9 Å². The molecule has 0 fully saturated rings. The van der Waals surface area contributed by atoms with E-state index in [0.717, 1.165) is 35.6 Å². The highest BCUT2D eigenvalue weighted by atomic mass is 35.5. The van der Waals surface area contributed by atoms with Crippen LogP contribution >= 0.6 is 11.6 Å². The van der Waals surface area contributed by atoms with Gasteiger partial charge in [-0.1, -0.05) is 57.2 Å². The number of benzene rings is 1. The second-order valence-electron chi connectivity index (χ2n) is 7.93. The third-order valence-corrected chi connectivity index (χ3v) is 5.58. The number of ether oxygens (including phenoxy) is 2. The highest BCUT2D eigenvalue weighted by Crippen LogP contribution is 2.35. The van der Waals surface area contributed by atoms with Crippen molar-refractivity contribution in [3.63, 3.8) is 0 Å². The smallest absolute Gasteiger partial charge is 0.266 e. The number of carbonyl (C=O) groups is 2. The van der Waals surface area contributed by atoms with Gasteiger partial charge in [0.05, 0.1) is 24.8 Å². The molecule has 1 aliphatic rings. The third kappa shape index (κ3) is 8.10. The van der Waals surface area contributed by atoms with Crippen molar-refractivity contribution in [2.75, 3.05) is 18.6 Å². The van der Waals surface area contributed by atoms with Gasteiger partial charge in [0, 0.05) is 5.03 Å². The summed E-state index contributed by atoms with van der Waals surface area (Å²) in [7, 11) is 1.37. The maximum absolute atomic E-state index is 12.9. The molecule has 0 bridgehead atoms. The van der Waals surface area contributed by atoms with Gasteiger partial charge < -0.3 is 9.47 Å². The number of hydrogen-bond acceptors (Lipinski definition) is 6. The summed E-state index contributed by atoms with van der Waals surface area (Å²) in [5, 5.41) is 9.88. The molecule has 1 aromatic carbocycles. The number of anilines is 1. The summed E-state index contributed by atoms with van der Waals surface area (Å²) in [6, 6.07) is 9.71. The number of aromatic nitrogens is 1. The molecule has 2 heterocycles. The summed E-state index contributed by atoms with van der Waals surface area (Å²) in [4.78, 5) is 30.7. The average molecular weight is 514 g/mol. The summed E-state index contributed by atoms with van der Waals surface area (Å²) in [5.41, 5.74) is 2.11. The average Bonchev–Trinajstić information content (AvgIpc) is 3.14. The Balaban J connectivity index is 0.000000710. The number of pyridine rings is 1. The Morgan fingerprint density at radius 2 is 1.67 bits per heavy atom. The minimum atomic E-state index is -0.471. The predicted octanol–water partition coefficient (Wildman–Crippen LogP) is 7.29. The van der Waals surface area contributed by atoms with Crippen molar-refractivity contribution in [2.45, 2.75) is 67.2 Å². The Kier molecular flexibility index (Phi) is 13.3. The first-order valence-electron chi connectivity index (χ1n) is 12.1. The number of hydrogen-bond donors (Lipinski definition) is 0. The van der Waals surface area contributed by atoms with E-state index in [4.69, 9.17) is 26.3 Å². The molecule has 1 aliphatic heterocycles. The molecule has 2 aromatic rings. The Bertz CT molecular complexity index is 1100. The largest absolute Gasteiger partial charge is 0.494 e. The van der Waals surface area contributed by atoms with E-state index in [1.165, 1.54) is 24.8 Å². The highest BCUT2D eigenvalue weighted by Gasteiger charge is 2.38. The maximum atomic E-state index is 12.9. The van der Waals surface area contributed by atoms with Gasteiger partial charge in [0.15, 0.2) is 0 Å². The molecule has 0 N–H and O–H groups in total. The minimum absolute atomic E-state index is 0.0425. The van der Waals surface area contributed by atoms with E-state index >= 15 is 0 Å². The summed E-state index contributed by atoms with van der Waals surface area (Å²) >= 11 is 5.49. The lowest BCUT2D eigenvalue weighted by Crippen LogP contribution is -2.30. The number of fused-ring (bicyclic) bond motifs is 1. The lowest BCUT2D eigenvalue weighted by atomic mass is 10.1. The maximum Gasteiger partial charge on any atom is 0.266 e. The van der Waals surface area contributed by atoms with Crippen LogP contribution in [0, 0.1) is 11.3 Å². The number of nitrogens with zero attached hydrogens (tertiary/aromatic N) is 3. The van der Waals surface area contributed by atoms with E-state index in [-0.39, 0.29) is 22.8 Å².